The molecule has 1 saturated carbocycles. The van der Waals surface area contributed by atoms with Gasteiger partial charge in [-0.3, -0.25) is 4.90 Å². The lowest BCUT2D eigenvalue weighted by molar-refractivity contribution is 0.0335. The molecule has 0 aromatic rings. The third-order valence-corrected chi connectivity index (χ3v) is 5.91. The maximum Gasteiger partial charge on any atom is 0.0331 e. The van der Waals surface area contributed by atoms with Gasteiger partial charge in [0.2, 0.25) is 0 Å². The van der Waals surface area contributed by atoms with Gasteiger partial charge in [0.25, 0.3) is 0 Å². The standard InChI is InChI=1S/C16H34N2S/c1-5-6-15-7-10-16(13-17,11-8-15)18(3)14(2)9-12-19-4/h14-15H,5-13,17H2,1-4H3. The molecule has 1 atom stereocenters. The van der Waals surface area contributed by atoms with Crippen LogP contribution in [0, 0.1) is 5.92 Å². The smallest absolute Gasteiger partial charge is 0.0331 e. The molecule has 0 aromatic heterocycles. The Hall–Kier alpha value is 0.270. The fourth-order valence-electron chi connectivity index (χ4n) is 3.56. The Kier molecular flexibility index (Phi) is 7.78. The highest BCUT2D eigenvalue weighted by Gasteiger charge is 2.38. The Balaban J connectivity index is 2.56. The molecule has 3 heteroatoms. The molecule has 0 heterocycles. The highest BCUT2D eigenvalue weighted by molar-refractivity contribution is 7.98. The molecule has 2 N–H and O–H groups in total. The average Bonchev–Trinajstić information content (AvgIpc) is 2.45. The molecule has 0 saturated heterocycles. The van der Waals surface area contributed by atoms with E-state index in [1.54, 1.807) is 0 Å². The summed E-state index contributed by atoms with van der Waals surface area (Å²) in [5.74, 6) is 2.21. The van der Waals surface area contributed by atoms with Crippen LogP contribution in [0.3, 0.4) is 0 Å². The second kappa shape index (κ2) is 8.53. The molecule has 1 aliphatic rings. The van der Waals surface area contributed by atoms with Crippen molar-refractivity contribution in [1.29, 1.82) is 0 Å². The van der Waals surface area contributed by atoms with Gasteiger partial charge in [-0.2, -0.15) is 11.8 Å². The molecule has 0 radical (unpaired) electrons. The molecule has 0 aromatic carbocycles. The molecule has 1 aliphatic carbocycles. The van der Waals surface area contributed by atoms with Gasteiger partial charge in [-0.15, -0.1) is 0 Å². The van der Waals surface area contributed by atoms with Crippen molar-refractivity contribution >= 4 is 11.8 Å². The zero-order valence-corrected chi connectivity index (χ0v) is 14.3. The minimum absolute atomic E-state index is 0.280. The summed E-state index contributed by atoms with van der Waals surface area (Å²) in [4.78, 5) is 2.60. The Morgan fingerprint density at radius 1 is 1.37 bits per heavy atom. The van der Waals surface area contributed by atoms with Gasteiger partial charge in [0.15, 0.2) is 0 Å². The summed E-state index contributed by atoms with van der Waals surface area (Å²) in [6.45, 7) is 5.50. The van der Waals surface area contributed by atoms with E-state index < -0.39 is 0 Å². The number of thioether (sulfide) groups is 1. The van der Waals surface area contributed by atoms with Crippen LogP contribution in [-0.4, -0.2) is 42.1 Å². The van der Waals surface area contributed by atoms with Gasteiger partial charge in [0.1, 0.15) is 0 Å². The third-order valence-electron chi connectivity index (χ3n) is 5.26. The van der Waals surface area contributed by atoms with E-state index in [0.717, 1.165) is 12.5 Å². The maximum atomic E-state index is 6.18. The van der Waals surface area contributed by atoms with Gasteiger partial charge in [-0.05, 0) is 64.0 Å². The Morgan fingerprint density at radius 2 is 2.00 bits per heavy atom. The van der Waals surface area contributed by atoms with Crippen LogP contribution in [0.2, 0.25) is 0 Å². The van der Waals surface area contributed by atoms with Crippen LogP contribution in [0.5, 0.6) is 0 Å². The van der Waals surface area contributed by atoms with E-state index in [-0.39, 0.29) is 5.54 Å². The number of nitrogens with two attached hydrogens (primary N) is 1. The quantitative estimate of drug-likeness (QED) is 0.737. The third kappa shape index (κ3) is 4.64. The zero-order valence-electron chi connectivity index (χ0n) is 13.5. The van der Waals surface area contributed by atoms with Gasteiger partial charge >= 0.3 is 0 Å². The first-order valence-electron chi connectivity index (χ1n) is 8.01. The molecule has 1 rings (SSSR count). The van der Waals surface area contributed by atoms with Crippen molar-refractivity contribution < 1.29 is 0 Å². The molecule has 0 spiro atoms. The summed E-state index contributed by atoms with van der Waals surface area (Å²) < 4.78 is 0. The summed E-state index contributed by atoms with van der Waals surface area (Å²) >= 11 is 1.95. The maximum absolute atomic E-state index is 6.18. The first-order valence-corrected chi connectivity index (χ1v) is 9.41. The number of rotatable bonds is 8. The summed E-state index contributed by atoms with van der Waals surface area (Å²) in [6, 6.07) is 0.652. The zero-order chi connectivity index (χ0) is 14.3. The molecule has 2 nitrogen and oxygen atoms in total. The van der Waals surface area contributed by atoms with E-state index in [0.29, 0.717) is 6.04 Å². The Morgan fingerprint density at radius 3 is 2.47 bits per heavy atom. The van der Waals surface area contributed by atoms with E-state index in [1.165, 1.54) is 50.7 Å². The van der Waals surface area contributed by atoms with Gasteiger partial charge in [0.05, 0.1) is 0 Å². The highest BCUT2D eigenvalue weighted by Crippen LogP contribution is 2.38. The largest absolute Gasteiger partial charge is 0.329 e. The Bertz CT molecular complexity index is 237. The van der Waals surface area contributed by atoms with Crippen molar-refractivity contribution in [2.45, 2.75) is 70.4 Å². The monoisotopic (exact) mass is 286 g/mol. The van der Waals surface area contributed by atoms with E-state index in [1.807, 2.05) is 11.8 Å². The molecule has 19 heavy (non-hydrogen) atoms. The summed E-state index contributed by atoms with van der Waals surface area (Å²) in [5, 5.41) is 0. The van der Waals surface area contributed by atoms with E-state index in [2.05, 4.69) is 32.1 Å². The van der Waals surface area contributed by atoms with Crippen molar-refractivity contribution in [2.75, 3.05) is 25.6 Å². The normalized spacial score (nSPS) is 29.7. The van der Waals surface area contributed by atoms with Crippen molar-refractivity contribution in [3.8, 4) is 0 Å². The average molecular weight is 287 g/mol. The fraction of sp³-hybridized carbons (Fsp3) is 1.00. The van der Waals surface area contributed by atoms with Gasteiger partial charge < -0.3 is 5.73 Å². The topological polar surface area (TPSA) is 29.3 Å². The predicted molar refractivity (Wildman–Crippen MR) is 88.9 cm³/mol. The minimum Gasteiger partial charge on any atom is -0.329 e. The van der Waals surface area contributed by atoms with E-state index >= 15 is 0 Å². The molecular weight excluding hydrogens is 252 g/mol. The van der Waals surface area contributed by atoms with Crippen molar-refractivity contribution in [1.82, 2.24) is 4.90 Å². The lowest BCUT2D eigenvalue weighted by Gasteiger charge is -2.48. The first kappa shape index (κ1) is 17.3. The summed E-state index contributed by atoms with van der Waals surface area (Å²) in [5.41, 5.74) is 6.46. The van der Waals surface area contributed by atoms with Gasteiger partial charge in [-0.25, -0.2) is 0 Å². The lowest BCUT2D eigenvalue weighted by Crippen LogP contribution is -2.57. The second-order valence-electron chi connectivity index (χ2n) is 6.40. The van der Waals surface area contributed by atoms with Gasteiger partial charge in [0, 0.05) is 18.1 Å². The molecule has 1 unspecified atom stereocenters. The fourth-order valence-corrected chi connectivity index (χ4v) is 4.14. The molecule has 0 bridgehead atoms. The van der Waals surface area contributed by atoms with Crippen LogP contribution in [0.15, 0.2) is 0 Å². The lowest BCUT2D eigenvalue weighted by atomic mass is 9.74. The predicted octanol–water partition coefficient (Wildman–Crippen LogP) is 3.75. The van der Waals surface area contributed by atoms with Crippen molar-refractivity contribution in [3.05, 3.63) is 0 Å². The second-order valence-corrected chi connectivity index (χ2v) is 7.39. The van der Waals surface area contributed by atoms with Crippen LogP contribution in [0.25, 0.3) is 0 Å². The summed E-state index contributed by atoms with van der Waals surface area (Å²) in [7, 11) is 2.30. The van der Waals surface area contributed by atoms with Crippen LogP contribution in [-0.2, 0) is 0 Å². The SMILES string of the molecule is CCCC1CCC(CN)(N(C)C(C)CCSC)CC1. The van der Waals surface area contributed by atoms with Gasteiger partial charge in [-0.1, -0.05) is 19.8 Å². The molecule has 1 fully saturated rings. The van der Waals surface area contributed by atoms with Crippen LogP contribution in [0.1, 0.15) is 58.8 Å². The van der Waals surface area contributed by atoms with E-state index in [4.69, 9.17) is 5.73 Å². The molecule has 0 aliphatic heterocycles. The number of nitrogens with zero attached hydrogens (tertiary/aromatic N) is 1. The van der Waals surface area contributed by atoms with E-state index in [9.17, 15) is 0 Å². The van der Waals surface area contributed by atoms with Crippen molar-refractivity contribution in [3.63, 3.8) is 0 Å². The first-order chi connectivity index (χ1) is 9.09. The number of hydrogen-bond acceptors (Lipinski definition) is 3. The van der Waals surface area contributed by atoms with Crippen LogP contribution in [0.4, 0.5) is 0 Å². The number of hydrogen-bond donors (Lipinski definition) is 1. The molecule has 114 valence electrons. The van der Waals surface area contributed by atoms with Crippen molar-refractivity contribution in [2.24, 2.45) is 11.7 Å². The highest BCUT2D eigenvalue weighted by atomic mass is 32.2. The van der Waals surface area contributed by atoms with Crippen LogP contribution < -0.4 is 5.73 Å². The Labute approximate surface area is 124 Å². The molecular formula is C16H34N2S. The number of likely N-dealkylation sites (N-methyl/N-ethyl adjacent to an activating group) is 1. The van der Waals surface area contributed by atoms with Crippen LogP contribution >= 0.6 is 11.8 Å². The minimum atomic E-state index is 0.280. The molecule has 0 amide bonds. The summed E-state index contributed by atoms with van der Waals surface area (Å²) in [6.07, 6.45) is 11.6.